The molecule has 0 saturated heterocycles. The van der Waals surface area contributed by atoms with Crippen molar-refractivity contribution >= 4 is 0 Å². The topological polar surface area (TPSA) is 9.23 Å². The molecule has 0 N–H and O–H groups in total. The molecule has 0 amide bonds. The van der Waals surface area contributed by atoms with Crippen molar-refractivity contribution in [3.05, 3.63) is 0 Å². The van der Waals surface area contributed by atoms with Crippen molar-refractivity contribution in [3.63, 3.8) is 0 Å². The van der Waals surface area contributed by atoms with Gasteiger partial charge in [-0.25, -0.2) is 0 Å². The van der Waals surface area contributed by atoms with Crippen LogP contribution in [0.1, 0.15) is 129 Å². The lowest BCUT2D eigenvalue weighted by molar-refractivity contribution is 0.00425. The minimum atomic E-state index is 0.589. The predicted molar refractivity (Wildman–Crippen MR) is 122 cm³/mol. The molecule has 3 aliphatic carbocycles. The van der Waals surface area contributed by atoms with Crippen molar-refractivity contribution in [2.24, 2.45) is 29.6 Å². The molecular weight excluding hydrogens is 340 g/mol. The third-order valence-corrected chi connectivity index (χ3v) is 8.83. The Bertz CT molecular complexity index is 343. The van der Waals surface area contributed by atoms with Crippen LogP contribution in [0.15, 0.2) is 0 Å². The van der Waals surface area contributed by atoms with E-state index in [1.54, 1.807) is 51.4 Å². The smallest absolute Gasteiger partial charge is 0.0575 e. The van der Waals surface area contributed by atoms with Gasteiger partial charge >= 0.3 is 0 Å². The molecule has 0 aromatic carbocycles. The maximum Gasteiger partial charge on any atom is 0.0575 e. The average Bonchev–Trinajstić information content (AvgIpc) is 2.75. The van der Waals surface area contributed by atoms with Gasteiger partial charge in [0.1, 0.15) is 0 Å². The molecular formula is C27H50O. The number of unbranched alkanes of at least 4 members (excludes halogenated alkanes) is 3. The van der Waals surface area contributed by atoms with Gasteiger partial charge in [-0.1, -0.05) is 58.8 Å². The van der Waals surface area contributed by atoms with Gasteiger partial charge in [-0.3, -0.25) is 0 Å². The largest absolute Gasteiger partial charge is 0.378 e. The van der Waals surface area contributed by atoms with Crippen molar-refractivity contribution in [3.8, 4) is 0 Å². The zero-order valence-corrected chi connectivity index (χ0v) is 19.3. The summed E-state index contributed by atoms with van der Waals surface area (Å²) in [6.07, 6.45) is 27.0. The first-order chi connectivity index (χ1) is 13.8. The second-order valence-electron chi connectivity index (χ2n) is 10.7. The Hall–Kier alpha value is -0.0400. The van der Waals surface area contributed by atoms with Crippen LogP contribution in [0, 0.1) is 29.6 Å². The van der Waals surface area contributed by atoms with E-state index in [-0.39, 0.29) is 0 Å². The van der Waals surface area contributed by atoms with E-state index in [2.05, 4.69) is 13.8 Å². The summed E-state index contributed by atoms with van der Waals surface area (Å²) in [5.41, 5.74) is 0. The van der Waals surface area contributed by atoms with Crippen molar-refractivity contribution in [2.45, 2.75) is 136 Å². The molecule has 0 aliphatic heterocycles. The van der Waals surface area contributed by atoms with Crippen LogP contribution >= 0.6 is 0 Å². The summed E-state index contributed by atoms with van der Waals surface area (Å²) >= 11 is 0. The Morgan fingerprint density at radius 3 is 1.50 bits per heavy atom. The van der Waals surface area contributed by atoms with E-state index in [0.29, 0.717) is 6.10 Å². The van der Waals surface area contributed by atoms with Crippen molar-refractivity contribution < 1.29 is 4.74 Å². The summed E-state index contributed by atoms with van der Waals surface area (Å²) in [6, 6.07) is 0. The second-order valence-corrected chi connectivity index (χ2v) is 10.7. The zero-order valence-electron chi connectivity index (χ0n) is 19.3. The standard InChI is InChI=1S/C27H50O/c1-3-5-7-8-22-9-11-23(12-10-22)24-13-15-25(16-14-24)26-17-19-27(20-18-26)28-21-6-4-2/h22-27H,3-21H2,1-2H3/t22-,23-,24-,25-,26-,27-. The zero-order chi connectivity index (χ0) is 19.6. The Labute approximate surface area is 176 Å². The van der Waals surface area contributed by atoms with Gasteiger partial charge in [0, 0.05) is 6.61 Å². The SMILES string of the molecule is CCCCC[C@H]1CC[C@H]([C@H]2CC[C@H]([C@H]3CC[C@H](OCCCC)CC3)CC2)CC1. The molecule has 0 aromatic rings. The summed E-state index contributed by atoms with van der Waals surface area (Å²) in [5, 5.41) is 0. The van der Waals surface area contributed by atoms with Crippen molar-refractivity contribution in [1.82, 2.24) is 0 Å². The lowest BCUT2D eigenvalue weighted by Gasteiger charge is -2.41. The second kappa shape index (κ2) is 12.6. The number of hydrogen-bond donors (Lipinski definition) is 0. The highest BCUT2D eigenvalue weighted by atomic mass is 16.5. The molecule has 3 fully saturated rings. The van der Waals surface area contributed by atoms with Crippen LogP contribution in [0.5, 0.6) is 0 Å². The van der Waals surface area contributed by atoms with E-state index >= 15 is 0 Å². The van der Waals surface area contributed by atoms with Crippen LogP contribution in [0.3, 0.4) is 0 Å². The van der Waals surface area contributed by atoms with E-state index in [1.165, 1.54) is 64.2 Å². The first-order valence-corrected chi connectivity index (χ1v) is 13.4. The molecule has 0 radical (unpaired) electrons. The summed E-state index contributed by atoms with van der Waals surface area (Å²) < 4.78 is 6.09. The molecule has 164 valence electrons. The van der Waals surface area contributed by atoms with Gasteiger partial charge in [0.2, 0.25) is 0 Å². The minimum absolute atomic E-state index is 0.589. The molecule has 1 heteroatoms. The molecule has 0 atom stereocenters. The fourth-order valence-electron chi connectivity index (χ4n) is 6.84. The van der Waals surface area contributed by atoms with Gasteiger partial charge in [-0.05, 0) is 100 Å². The molecule has 1 nitrogen and oxygen atoms in total. The molecule has 28 heavy (non-hydrogen) atoms. The van der Waals surface area contributed by atoms with Crippen LogP contribution in [0.25, 0.3) is 0 Å². The molecule has 3 aliphatic rings. The van der Waals surface area contributed by atoms with Crippen LogP contribution in [-0.2, 0) is 4.74 Å². The van der Waals surface area contributed by atoms with Gasteiger partial charge < -0.3 is 4.74 Å². The fraction of sp³-hybridized carbons (Fsp3) is 1.00. The summed E-state index contributed by atoms with van der Waals surface area (Å²) in [7, 11) is 0. The molecule has 0 unspecified atom stereocenters. The highest BCUT2D eigenvalue weighted by molar-refractivity contribution is 4.86. The van der Waals surface area contributed by atoms with Crippen LogP contribution in [0.4, 0.5) is 0 Å². The summed E-state index contributed by atoms with van der Waals surface area (Å²) in [5.74, 6) is 5.33. The normalized spacial score (nSPS) is 37.1. The lowest BCUT2D eigenvalue weighted by Crippen LogP contribution is -2.31. The van der Waals surface area contributed by atoms with E-state index in [4.69, 9.17) is 4.74 Å². The van der Waals surface area contributed by atoms with Crippen LogP contribution < -0.4 is 0 Å². The van der Waals surface area contributed by atoms with Crippen LogP contribution in [-0.4, -0.2) is 12.7 Å². The molecule has 3 saturated carbocycles. The van der Waals surface area contributed by atoms with E-state index < -0.39 is 0 Å². The summed E-state index contributed by atoms with van der Waals surface area (Å²) in [6.45, 7) is 5.59. The first kappa shape index (κ1) is 22.6. The maximum atomic E-state index is 6.09. The Kier molecular flexibility index (Phi) is 10.2. The molecule has 0 aromatic heterocycles. The predicted octanol–water partition coefficient (Wildman–Crippen LogP) is 8.56. The van der Waals surface area contributed by atoms with Crippen molar-refractivity contribution in [1.29, 1.82) is 0 Å². The van der Waals surface area contributed by atoms with E-state index in [0.717, 1.165) is 36.2 Å². The molecule has 0 spiro atoms. The van der Waals surface area contributed by atoms with Gasteiger partial charge in [-0.2, -0.15) is 0 Å². The molecule has 0 heterocycles. The minimum Gasteiger partial charge on any atom is -0.378 e. The third kappa shape index (κ3) is 7.03. The third-order valence-electron chi connectivity index (χ3n) is 8.83. The van der Waals surface area contributed by atoms with Gasteiger partial charge in [-0.15, -0.1) is 0 Å². The fourth-order valence-corrected chi connectivity index (χ4v) is 6.84. The summed E-state index contributed by atoms with van der Waals surface area (Å²) in [4.78, 5) is 0. The van der Waals surface area contributed by atoms with Crippen molar-refractivity contribution in [2.75, 3.05) is 6.61 Å². The number of hydrogen-bond acceptors (Lipinski definition) is 1. The quantitative estimate of drug-likeness (QED) is 0.339. The first-order valence-electron chi connectivity index (χ1n) is 13.4. The maximum absolute atomic E-state index is 6.09. The van der Waals surface area contributed by atoms with Crippen LogP contribution in [0.2, 0.25) is 0 Å². The lowest BCUT2D eigenvalue weighted by atomic mass is 9.65. The van der Waals surface area contributed by atoms with Gasteiger partial charge in [0.25, 0.3) is 0 Å². The number of rotatable bonds is 10. The monoisotopic (exact) mass is 390 g/mol. The Morgan fingerprint density at radius 1 is 0.536 bits per heavy atom. The van der Waals surface area contributed by atoms with E-state index in [1.807, 2.05) is 0 Å². The van der Waals surface area contributed by atoms with E-state index in [9.17, 15) is 0 Å². The Morgan fingerprint density at radius 2 is 1.00 bits per heavy atom. The van der Waals surface area contributed by atoms with Gasteiger partial charge in [0.15, 0.2) is 0 Å². The average molecular weight is 391 g/mol. The Balaban J connectivity index is 1.29. The number of ether oxygens (including phenoxy) is 1. The molecule has 3 rings (SSSR count). The highest BCUT2D eigenvalue weighted by Crippen LogP contribution is 2.46. The highest BCUT2D eigenvalue weighted by Gasteiger charge is 2.34. The van der Waals surface area contributed by atoms with Gasteiger partial charge in [0.05, 0.1) is 6.10 Å². The molecule has 0 bridgehead atoms.